The number of fused-ring (bicyclic) bond motifs is 4. The van der Waals surface area contributed by atoms with E-state index in [1.54, 1.807) is 37.8 Å². The van der Waals surface area contributed by atoms with Crippen molar-refractivity contribution < 1.29 is 13.9 Å². The van der Waals surface area contributed by atoms with Crippen LogP contribution in [-0.4, -0.2) is 46.6 Å². The number of methoxy groups -OCH3 is 2. The van der Waals surface area contributed by atoms with Crippen molar-refractivity contribution in [3.05, 3.63) is 40.9 Å². The normalized spacial score (nSPS) is 19.0. The van der Waals surface area contributed by atoms with Crippen molar-refractivity contribution in [3.63, 3.8) is 0 Å². The predicted molar refractivity (Wildman–Crippen MR) is 110 cm³/mol. The molecule has 1 aliphatic carbocycles. The number of anilines is 2. The molecule has 150 valence electrons. The zero-order valence-electron chi connectivity index (χ0n) is 16.1. The van der Waals surface area contributed by atoms with E-state index in [9.17, 15) is 4.39 Å². The Morgan fingerprint density at radius 3 is 3.03 bits per heavy atom. The maximum absolute atomic E-state index is 14.6. The minimum absolute atomic E-state index is 0.317. The van der Waals surface area contributed by atoms with Crippen LogP contribution >= 0.6 is 11.3 Å². The van der Waals surface area contributed by atoms with Gasteiger partial charge in [0.2, 0.25) is 0 Å². The largest absolute Gasteiger partial charge is 0.382 e. The van der Waals surface area contributed by atoms with Crippen molar-refractivity contribution >= 4 is 44.0 Å². The Hall–Kier alpha value is -2.62. The summed E-state index contributed by atoms with van der Waals surface area (Å²) in [4.78, 5) is 11.0. The van der Waals surface area contributed by atoms with E-state index in [0.29, 0.717) is 23.6 Å². The van der Waals surface area contributed by atoms with Crippen molar-refractivity contribution in [2.24, 2.45) is 0 Å². The molecule has 2 N–H and O–H groups in total. The van der Waals surface area contributed by atoms with E-state index in [2.05, 4.69) is 25.5 Å². The molecule has 5 rings (SSSR count). The van der Waals surface area contributed by atoms with E-state index in [4.69, 9.17) is 9.47 Å². The predicted octanol–water partition coefficient (Wildman–Crippen LogP) is 3.97. The number of thiophene rings is 1. The fourth-order valence-corrected chi connectivity index (χ4v) is 5.40. The molecule has 0 saturated heterocycles. The molecule has 0 bridgehead atoms. The molecule has 0 radical (unpaired) electrons. The lowest BCUT2D eigenvalue weighted by atomic mass is 9.84. The molecule has 9 heteroatoms. The molecular weight excluding hydrogens is 393 g/mol. The van der Waals surface area contributed by atoms with Gasteiger partial charge >= 0.3 is 0 Å². The lowest BCUT2D eigenvalue weighted by Crippen LogP contribution is -2.41. The van der Waals surface area contributed by atoms with Crippen LogP contribution in [0.25, 0.3) is 21.1 Å². The summed E-state index contributed by atoms with van der Waals surface area (Å²) in [6, 6.07) is 3.17. The number of hydrogen-bond donors (Lipinski definition) is 2. The maximum Gasteiger partial charge on any atom is 0.148 e. The number of H-pyrrole nitrogens is 1. The second kappa shape index (κ2) is 7.01. The molecule has 4 aromatic rings. The van der Waals surface area contributed by atoms with Crippen LogP contribution in [0.5, 0.6) is 0 Å². The van der Waals surface area contributed by atoms with E-state index in [1.165, 1.54) is 22.8 Å². The van der Waals surface area contributed by atoms with Gasteiger partial charge in [0.1, 0.15) is 22.8 Å². The van der Waals surface area contributed by atoms with Crippen LogP contribution in [0.15, 0.2) is 24.7 Å². The Balaban J connectivity index is 1.56. The van der Waals surface area contributed by atoms with Gasteiger partial charge in [-0.1, -0.05) is 0 Å². The molecule has 0 saturated carbocycles. The summed E-state index contributed by atoms with van der Waals surface area (Å²) in [6.45, 7) is 0.546. The van der Waals surface area contributed by atoms with Gasteiger partial charge in [-0.05, 0) is 24.5 Å². The van der Waals surface area contributed by atoms with E-state index >= 15 is 0 Å². The summed E-state index contributed by atoms with van der Waals surface area (Å²) in [5, 5.41) is 11.7. The number of benzene rings is 1. The molecule has 29 heavy (non-hydrogen) atoms. The molecule has 0 spiro atoms. The zero-order valence-corrected chi connectivity index (χ0v) is 16.9. The number of nitrogens with one attached hydrogen (secondary N) is 2. The quantitative estimate of drug-likeness (QED) is 0.515. The van der Waals surface area contributed by atoms with E-state index in [0.717, 1.165) is 34.9 Å². The van der Waals surface area contributed by atoms with Crippen molar-refractivity contribution in [1.82, 2.24) is 20.2 Å². The van der Waals surface area contributed by atoms with Crippen LogP contribution in [-0.2, 0) is 22.3 Å². The molecule has 1 aromatic carbocycles. The number of aromatic nitrogens is 4. The number of hydrogen-bond acceptors (Lipinski definition) is 7. The second-order valence-corrected chi connectivity index (χ2v) is 8.40. The van der Waals surface area contributed by atoms with Crippen molar-refractivity contribution in [2.45, 2.75) is 24.9 Å². The second-order valence-electron chi connectivity index (χ2n) is 7.32. The number of ether oxygens (including phenoxy) is 2. The first-order valence-electron chi connectivity index (χ1n) is 9.31. The van der Waals surface area contributed by atoms with E-state index in [-0.39, 0.29) is 11.4 Å². The third-order valence-corrected chi connectivity index (χ3v) is 6.75. The summed E-state index contributed by atoms with van der Waals surface area (Å²) in [5.74, 6) is 0.252. The fraction of sp³-hybridized carbons (Fsp3) is 0.350. The van der Waals surface area contributed by atoms with Crippen molar-refractivity contribution in [3.8, 4) is 0 Å². The summed E-state index contributed by atoms with van der Waals surface area (Å²) in [7, 11) is 3.43. The van der Waals surface area contributed by atoms with Gasteiger partial charge < -0.3 is 14.8 Å². The van der Waals surface area contributed by atoms with Gasteiger partial charge in [-0.25, -0.2) is 14.4 Å². The third-order valence-electron chi connectivity index (χ3n) is 5.61. The average Bonchev–Trinajstić information content (AvgIpc) is 3.32. The molecule has 0 aliphatic heterocycles. The van der Waals surface area contributed by atoms with Gasteiger partial charge in [-0.2, -0.15) is 5.10 Å². The monoisotopic (exact) mass is 413 g/mol. The first-order chi connectivity index (χ1) is 14.1. The first kappa shape index (κ1) is 18.4. The van der Waals surface area contributed by atoms with Gasteiger partial charge in [-0.3, -0.25) is 5.10 Å². The smallest absolute Gasteiger partial charge is 0.148 e. The molecule has 1 unspecified atom stereocenters. The van der Waals surface area contributed by atoms with Gasteiger partial charge in [0.15, 0.2) is 0 Å². The number of aryl methyl sites for hydroxylation is 1. The number of nitrogens with zero attached hydrogens (tertiary/aromatic N) is 3. The van der Waals surface area contributed by atoms with Gasteiger partial charge in [0, 0.05) is 37.0 Å². The Morgan fingerprint density at radius 1 is 1.31 bits per heavy atom. The number of rotatable bonds is 5. The fourth-order valence-electron chi connectivity index (χ4n) is 4.08. The van der Waals surface area contributed by atoms with Crippen LogP contribution in [0.3, 0.4) is 0 Å². The minimum Gasteiger partial charge on any atom is -0.382 e. The van der Waals surface area contributed by atoms with Crippen molar-refractivity contribution in [2.75, 3.05) is 26.1 Å². The highest BCUT2D eigenvalue weighted by atomic mass is 32.1. The van der Waals surface area contributed by atoms with Crippen LogP contribution in [0.4, 0.5) is 15.9 Å². The first-order valence-corrected chi connectivity index (χ1v) is 10.1. The molecule has 7 nitrogen and oxygen atoms in total. The summed E-state index contributed by atoms with van der Waals surface area (Å²) in [6.07, 6.45) is 5.63. The summed E-state index contributed by atoms with van der Waals surface area (Å²) >= 11 is 1.64. The van der Waals surface area contributed by atoms with Gasteiger partial charge in [0.05, 0.1) is 35.0 Å². The average molecular weight is 413 g/mol. The Kier molecular flexibility index (Phi) is 4.45. The van der Waals surface area contributed by atoms with Crippen LogP contribution in [0.2, 0.25) is 0 Å². The standard InChI is InChI=1S/C20H20FN5O2S/c1-27-9-20(28-2)4-3-12-16(7-20)29-19-17(12)18(22-10-23-19)25-15-5-11-8-24-26-14(11)6-13(15)21/h5-6,8,10H,3-4,7,9H2,1-2H3,(H,24,26)(H,22,23,25). The molecule has 1 atom stereocenters. The highest BCUT2D eigenvalue weighted by molar-refractivity contribution is 7.19. The number of halogens is 1. The van der Waals surface area contributed by atoms with Crippen molar-refractivity contribution in [1.29, 1.82) is 0 Å². The summed E-state index contributed by atoms with van der Waals surface area (Å²) < 4.78 is 25.8. The lowest BCUT2D eigenvalue weighted by molar-refractivity contribution is -0.0714. The maximum atomic E-state index is 14.6. The lowest BCUT2D eigenvalue weighted by Gasteiger charge is -2.35. The molecule has 3 heterocycles. The van der Waals surface area contributed by atoms with E-state index in [1.807, 2.05) is 0 Å². The Bertz CT molecular complexity index is 1210. The SMILES string of the molecule is COCC1(OC)CCc2c(sc3ncnc(Nc4cc5cn[nH]c5cc4F)c23)C1. The van der Waals surface area contributed by atoms with E-state index < -0.39 is 0 Å². The highest BCUT2D eigenvalue weighted by Crippen LogP contribution is 2.42. The Morgan fingerprint density at radius 2 is 2.21 bits per heavy atom. The van der Waals surface area contributed by atoms with Crippen LogP contribution in [0.1, 0.15) is 16.9 Å². The topological polar surface area (TPSA) is 84.9 Å². The molecule has 3 aromatic heterocycles. The highest BCUT2D eigenvalue weighted by Gasteiger charge is 2.37. The molecule has 0 fully saturated rings. The molecule has 0 amide bonds. The zero-order chi connectivity index (χ0) is 20.0. The Labute approximate surface area is 170 Å². The molecular formula is C20H20FN5O2S. The number of aromatic amines is 1. The third kappa shape index (κ3) is 3.06. The summed E-state index contributed by atoms with van der Waals surface area (Å²) in [5.41, 5.74) is 1.91. The minimum atomic E-state index is -0.365. The molecule has 1 aliphatic rings. The van der Waals surface area contributed by atoms with Gasteiger partial charge in [0.25, 0.3) is 0 Å². The van der Waals surface area contributed by atoms with Crippen LogP contribution in [0, 0.1) is 5.82 Å². The van der Waals surface area contributed by atoms with Crippen LogP contribution < -0.4 is 5.32 Å². The van der Waals surface area contributed by atoms with Gasteiger partial charge in [-0.15, -0.1) is 11.3 Å².